The Kier molecular flexibility index (Phi) is 6.08. The minimum Gasteiger partial charge on any atom is -0.372 e. The summed E-state index contributed by atoms with van der Waals surface area (Å²) in [5, 5.41) is 9.89. The minimum absolute atomic E-state index is 0.764. The van der Waals surface area contributed by atoms with Gasteiger partial charge in [0.25, 0.3) is 0 Å². The predicted molar refractivity (Wildman–Crippen MR) is 124 cm³/mol. The van der Waals surface area contributed by atoms with E-state index >= 15 is 0 Å². The Morgan fingerprint density at radius 1 is 1.00 bits per heavy atom. The van der Waals surface area contributed by atoms with Gasteiger partial charge < -0.3 is 13.9 Å². The number of hydrogen-bond acceptors (Lipinski definition) is 5. The lowest BCUT2D eigenvalue weighted by molar-refractivity contribution is 0.687. The summed E-state index contributed by atoms with van der Waals surface area (Å²) in [7, 11) is 0. The SMILES string of the molecule is CCN(CC)c1ccc(-c2nnc(SCc3cn4cccc(C)c4n3)n2CC)cc1. The Morgan fingerprint density at radius 2 is 1.77 bits per heavy atom. The Bertz CT molecular complexity index is 1120. The predicted octanol–water partition coefficient (Wildman–Crippen LogP) is 5.06. The van der Waals surface area contributed by atoms with Gasteiger partial charge in [-0.2, -0.15) is 0 Å². The number of nitrogens with zero attached hydrogens (tertiary/aromatic N) is 6. The topological polar surface area (TPSA) is 51.3 Å². The molecule has 0 saturated heterocycles. The molecule has 0 spiro atoms. The molecule has 156 valence electrons. The molecule has 0 aliphatic rings. The van der Waals surface area contributed by atoms with Crippen LogP contribution in [-0.2, 0) is 12.3 Å². The Labute approximate surface area is 182 Å². The van der Waals surface area contributed by atoms with E-state index in [-0.39, 0.29) is 0 Å². The molecule has 0 radical (unpaired) electrons. The molecule has 30 heavy (non-hydrogen) atoms. The number of aromatic nitrogens is 5. The third-order valence-corrected chi connectivity index (χ3v) is 6.36. The second-order valence-corrected chi connectivity index (χ2v) is 8.16. The number of rotatable bonds is 8. The van der Waals surface area contributed by atoms with E-state index < -0.39 is 0 Å². The summed E-state index contributed by atoms with van der Waals surface area (Å²) in [5.41, 5.74) is 5.57. The van der Waals surface area contributed by atoms with Crippen LogP contribution >= 0.6 is 11.8 Å². The Morgan fingerprint density at radius 3 is 2.43 bits per heavy atom. The third kappa shape index (κ3) is 3.94. The number of benzene rings is 1. The van der Waals surface area contributed by atoms with Crippen LogP contribution in [0.25, 0.3) is 17.0 Å². The molecular formula is C23H28N6S. The van der Waals surface area contributed by atoms with Crippen molar-refractivity contribution < 1.29 is 0 Å². The first-order chi connectivity index (χ1) is 14.6. The van der Waals surface area contributed by atoms with E-state index in [1.54, 1.807) is 11.8 Å². The van der Waals surface area contributed by atoms with Gasteiger partial charge in [0.1, 0.15) is 5.65 Å². The van der Waals surface area contributed by atoms with Crippen molar-refractivity contribution in [2.45, 2.75) is 45.1 Å². The van der Waals surface area contributed by atoms with E-state index in [9.17, 15) is 0 Å². The van der Waals surface area contributed by atoms with E-state index in [1.807, 2.05) is 12.3 Å². The van der Waals surface area contributed by atoms with E-state index in [1.165, 1.54) is 11.3 Å². The van der Waals surface area contributed by atoms with Crippen LogP contribution in [0.3, 0.4) is 0 Å². The number of pyridine rings is 1. The second kappa shape index (κ2) is 8.92. The summed E-state index contributed by atoms with van der Waals surface area (Å²) in [5.74, 6) is 1.68. The third-order valence-electron chi connectivity index (χ3n) is 5.36. The molecular weight excluding hydrogens is 392 g/mol. The first-order valence-corrected chi connectivity index (χ1v) is 11.5. The maximum absolute atomic E-state index is 4.77. The highest BCUT2D eigenvalue weighted by Gasteiger charge is 2.15. The number of hydrogen-bond donors (Lipinski definition) is 0. The summed E-state index contributed by atoms with van der Waals surface area (Å²) in [6, 6.07) is 12.8. The van der Waals surface area contributed by atoms with Crippen molar-refractivity contribution in [2.75, 3.05) is 18.0 Å². The highest BCUT2D eigenvalue weighted by molar-refractivity contribution is 7.98. The van der Waals surface area contributed by atoms with Crippen LogP contribution < -0.4 is 4.90 Å². The van der Waals surface area contributed by atoms with Gasteiger partial charge >= 0.3 is 0 Å². The van der Waals surface area contributed by atoms with E-state index in [0.29, 0.717) is 0 Å². The van der Waals surface area contributed by atoms with Gasteiger partial charge in [-0.15, -0.1) is 10.2 Å². The van der Waals surface area contributed by atoms with Crippen molar-refractivity contribution in [2.24, 2.45) is 0 Å². The van der Waals surface area contributed by atoms with Gasteiger partial charge in [0.2, 0.25) is 0 Å². The van der Waals surface area contributed by atoms with Crippen LogP contribution in [0.2, 0.25) is 0 Å². The molecule has 0 unspecified atom stereocenters. The summed E-state index contributed by atoms with van der Waals surface area (Å²) >= 11 is 1.68. The van der Waals surface area contributed by atoms with Crippen LogP contribution in [0.5, 0.6) is 0 Å². The van der Waals surface area contributed by atoms with Gasteiger partial charge in [-0.25, -0.2) is 4.98 Å². The van der Waals surface area contributed by atoms with Crippen molar-refractivity contribution in [3.05, 3.63) is 60.0 Å². The first-order valence-electron chi connectivity index (χ1n) is 10.5. The standard InChI is InChI=1S/C23H28N6S/c1-5-27(6-2)20-12-10-18(11-13-20)22-25-26-23(29(22)7-3)30-16-19-15-28-14-8-9-17(4)21(28)24-19/h8-15H,5-7,16H2,1-4H3. The second-order valence-electron chi connectivity index (χ2n) is 7.21. The van der Waals surface area contributed by atoms with Gasteiger partial charge in [0, 0.05) is 49.0 Å². The van der Waals surface area contributed by atoms with Gasteiger partial charge in [-0.05, 0) is 63.6 Å². The molecule has 4 rings (SSSR count). The fourth-order valence-electron chi connectivity index (χ4n) is 3.72. The summed E-state index contributed by atoms with van der Waals surface area (Å²) in [6.45, 7) is 11.4. The molecule has 4 aromatic rings. The maximum Gasteiger partial charge on any atom is 0.191 e. The van der Waals surface area contributed by atoms with Crippen molar-refractivity contribution >= 4 is 23.1 Å². The Hall–Kier alpha value is -2.80. The number of anilines is 1. The molecule has 3 heterocycles. The average molecular weight is 421 g/mol. The van der Waals surface area contributed by atoms with E-state index in [0.717, 1.165) is 53.3 Å². The van der Waals surface area contributed by atoms with Crippen LogP contribution in [0.15, 0.2) is 53.9 Å². The van der Waals surface area contributed by atoms with Crippen LogP contribution in [0, 0.1) is 6.92 Å². The Balaban J connectivity index is 1.53. The lowest BCUT2D eigenvalue weighted by atomic mass is 10.2. The molecule has 7 heteroatoms. The average Bonchev–Trinajstić information content (AvgIpc) is 3.38. The maximum atomic E-state index is 4.77. The fourth-order valence-corrected chi connectivity index (χ4v) is 4.60. The van der Waals surface area contributed by atoms with E-state index in [2.05, 4.69) is 88.3 Å². The molecule has 6 nitrogen and oxygen atoms in total. The lowest BCUT2D eigenvalue weighted by Gasteiger charge is -2.21. The summed E-state index contributed by atoms with van der Waals surface area (Å²) in [4.78, 5) is 7.11. The molecule has 0 N–H and O–H groups in total. The van der Waals surface area contributed by atoms with E-state index in [4.69, 9.17) is 4.98 Å². The number of imidazole rings is 1. The molecule has 3 aromatic heterocycles. The van der Waals surface area contributed by atoms with Crippen molar-refractivity contribution in [3.8, 4) is 11.4 Å². The minimum atomic E-state index is 0.764. The molecule has 0 amide bonds. The fraction of sp³-hybridized carbons (Fsp3) is 0.348. The van der Waals surface area contributed by atoms with Gasteiger partial charge in [-0.3, -0.25) is 0 Å². The molecule has 1 aromatic carbocycles. The van der Waals surface area contributed by atoms with Crippen molar-refractivity contribution in [3.63, 3.8) is 0 Å². The molecule has 0 aliphatic heterocycles. The summed E-state index contributed by atoms with van der Waals surface area (Å²) in [6.07, 6.45) is 4.13. The zero-order valence-electron chi connectivity index (χ0n) is 18.0. The zero-order chi connectivity index (χ0) is 21.1. The monoisotopic (exact) mass is 420 g/mol. The van der Waals surface area contributed by atoms with Crippen molar-refractivity contribution in [1.82, 2.24) is 24.1 Å². The van der Waals surface area contributed by atoms with Crippen LogP contribution in [0.4, 0.5) is 5.69 Å². The summed E-state index contributed by atoms with van der Waals surface area (Å²) < 4.78 is 4.26. The van der Waals surface area contributed by atoms with Gasteiger partial charge in [-0.1, -0.05) is 17.8 Å². The zero-order valence-corrected chi connectivity index (χ0v) is 18.9. The van der Waals surface area contributed by atoms with Gasteiger partial charge in [0.15, 0.2) is 11.0 Å². The highest BCUT2D eigenvalue weighted by atomic mass is 32.2. The normalized spacial score (nSPS) is 11.3. The van der Waals surface area contributed by atoms with Crippen LogP contribution in [-0.4, -0.2) is 37.2 Å². The molecule has 0 fully saturated rings. The lowest BCUT2D eigenvalue weighted by Crippen LogP contribution is -2.21. The molecule has 0 saturated carbocycles. The number of aryl methyl sites for hydroxylation is 1. The largest absolute Gasteiger partial charge is 0.372 e. The smallest absolute Gasteiger partial charge is 0.191 e. The number of thioether (sulfide) groups is 1. The highest BCUT2D eigenvalue weighted by Crippen LogP contribution is 2.28. The first kappa shape index (κ1) is 20.5. The van der Waals surface area contributed by atoms with Crippen LogP contribution in [0.1, 0.15) is 32.0 Å². The molecule has 0 atom stereocenters. The molecule has 0 aliphatic carbocycles. The number of fused-ring (bicyclic) bond motifs is 1. The van der Waals surface area contributed by atoms with Gasteiger partial charge in [0.05, 0.1) is 5.69 Å². The van der Waals surface area contributed by atoms with Crippen molar-refractivity contribution in [1.29, 1.82) is 0 Å². The quantitative estimate of drug-likeness (QED) is 0.373. The molecule has 0 bridgehead atoms.